The number of aliphatic hydroxyl groups is 1. The topological polar surface area (TPSA) is 143 Å². The molecule has 1 aliphatic rings. The molecule has 4 rings (SSSR count). The van der Waals surface area contributed by atoms with Gasteiger partial charge in [-0.15, -0.1) is 0 Å². The fourth-order valence-corrected chi connectivity index (χ4v) is 4.76. The summed E-state index contributed by atoms with van der Waals surface area (Å²) in [5.41, 5.74) is -1.39. The van der Waals surface area contributed by atoms with Gasteiger partial charge in [-0.25, -0.2) is 9.78 Å². The first-order chi connectivity index (χ1) is 18.7. The second-order valence-electron chi connectivity index (χ2n) is 11.8. The Kier molecular flexibility index (Phi) is 7.93. The van der Waals surface area contributed by atoms with Crippen molar-refractivity contribution in [3.05, 3.63) is 46.5 Å². The highest BCUT2D eigenvalue weighted by atomic mass is 16.6. The van der Waals surface area contributed by atoms with Gasteiger partial charge in [-0.2, -0.15) is 9.61 Å². The zero-order valence-corrected chi connectivity index (χ0v) is 24.2. The van der Waals surface area contributed by atoms with E-state index in [4.69, 9.17) is 4.74 Å². The largest absolute Gasteiger partial charge is 0.443 e. The van der Waals surface area contributed by atoms with Crippen LogP contribution in [0.15, 0.2) is 35.4 Å². The lowest BCUT2D eigenvalue weighted by molar-refractivity contribution is -0.00860. The first-order valence-corrected chi connectivity index (χ1v) is 13.5. The third kappa shape index (κ3) is 6.11. The molecule has 2 atom stereocenters. The van der Waals surface area contributed by atoms with Crippen molar-refractivity contribution in [1.82, 2.24) is 24.5 Å². The molecular formula is C28H39N7O5. The molecule has 1 saturated carbocycles. The van der Waals surface area contributed by atoms with Gasteiger partial charge in [-0.3, -0.25) is 14.5 Å². The summed E-state index contributed by atoms with van der Waals surface area (Å²) in [6.45, 7) is 10.8. The number of amides is 2. The molecule has 12 nitrogen and oxygen atoms in total. The minimum atomic E-state index is -1.03. The molecule has 0 unspecified atom stereocenters. The summed E-state index contributed by atoms with van der Waals surface area (Å²) in [4.78, 5) is 45.3. The molecule has 0 aliphatic heterocycles. The van der Waals surface area contributed by atoms with Gasteiger partial charge in [-0.1, -0.05) is 12.8 Å². The molecule has 0 aromatic carbocycles. The highest BCUT2D eigenvalue weighted by molar-refractivity contribution is 6.00. The minimum absolute atomic E-state index is 0.0549. The van der Waals surface area contributed by atoms with E-state index in [1.807, 2.05) is 13.8 Å². The highest BCUT2D eigenvalue weighted by Crippen LogP contribution is 2.29. The van der Waals surface area contributed by atoms with Crippen LogP contribution in [0.3, 0.4) is 0 Å². The third-order valence-electron chi connectivity index (χ3n) is 6.98. The number of aromatic nitrogens is 4. The van der Waals surface area contributed by atoms with Crippen LogP contribution in [0.5, 0.6) is 0 Å². The quantitative estimate of drug-likeness (QED) is 0.416. The number of nitrogens with one attached hydrogen (secondary N) is 2. The van der Waals surface area contributed by atoms with Crippen LogP contribution >= 0.6 is 0 Å². The molecule has 1 fully saturated rings. The number of rotatable bonds is 6. The molecule has 0 saturated heterocycles. The van der Waals surface area contributed by atoms with E-state index in [1.165, 1.54) is 22.7 Å². The number of carbonyl (C=O) groups excluding carboxylic acids is 2. The standard InChI is InChI=1S/C28H39N7O5/c1-17(2)34-14-10-11-19(25(34)37)30-21-15-22(33(7)26(38)40-27(3,4)5)35-23(32-21)18(16-29-35)24(36)31-20-12-8-9-13-28(20,6)39/h10-11,14-17,20,39H,8-9,12-13H2,1-7H3,(H,30,32)(H,31,36)/t20-,28-/m0/s1. The average molecular weight is 554 g/mol. The van der Waals surface area contributed by atoms with Gasteiger partial charge in [-0.05, 0) is 66.5 Å². The van der Waals surface area contributed by atoms with E-state index in [0.717, 1.165) is 12.8 Å². The number of hydrogen-bond acceptors (Lipinski definition) is 8. The molecule has 2 amide bonds. The zero-order valence-electron chi connectivity index (χ0n) is 24.2. The summed E-state index contributed by atoms with van der Waals surface area (Å²) in [6, 6.07) is 4.47. The minimum Gasteiger partial charge on any atom is -0.443 e. The summed E-state index contributed by atoms with van der Waals surface area (Å²) in [6.07, 6.45) is 5.49. The predicted molar refractivity (Wildman–Crippen MR) is 152 cm³/mol. The van der Waals surface area contributed by atoms with Gasteiger partial charge in [0.15, 0.2) is 5.65 Å². The van der Waals surface area contributed by atoms with Crippen LogP contribution in [0, 0.1) is 0 Å². The van der Waals surface area contributed by atoms with Crippen molar-refractivity contribution in [3.63, 3.8) is 0 Å². The molecular weight excluding hydrogens is 514 g/mol. The average Bonchev–Trinajstić information content (AvgIpc) is 3.28. The Hall–Kier alpha value is -3.93. The van der Waals surface area contributed by atoms with Gasteiger partial charge in [0, 0.05) is 25.4 Å². The lowest BCUT2D eigenvalue weighted by Crippen LogP contribution is -2.52. The van der Waals surface area contributed by atoms with E-state index in [0.29, 0.717) is 12.8 Å². The highest BCUT2D eigenvalue weighted by Gasteiger charge is 2.36. The SMILES string of the molecule is CC(C)n1cccc(Nc2cc(N(C)C(=O)OC(C)(C)C)n3ncc(C(=O)N[C@H]4CCCC[C@]4(C)O)c3n2)c1=O. The maximum absolute atomic E-state index is 13.4. The summed E-state index contributed by atoms with van der Waals surface area (Å²) >= 11 is 0. The molecule has 3 aromatic rings. The second-order valence-corrected chi connectivity index (χ2v) is 11.8. The van der Waals surface area contributed by atoms with E-state index in [-0.39, 0.29) is 40.1 Å². The Bertz CT molecular complexity index is 1470. The van der Waals surface area contributed by atoms with Crippen molar-refractivity contribution in [3.8, 4) is 0 Å². The Morgan fingerprint density at radius 3 is 2.65 bits per heavy atom. The second kappa shape index (κ2) is 10.9. The van der Waals surface area contributed by atoms with Crippen molar-refractivity contribution in [2.24, 2.45) is 0 Å². The molecule has 3 heterocycles. The number of pyridine rings is 1. The number of ether oxygens (including phenoxy) is 1. The van der Waals surface area contributed by atoms with E-state index < -0.39 is 29.2 Å². The maximum Gasteiger partial charge on any atom is 0.415 e. The van der Waals surface area contributed by atoms with Gasteiger partial charge in [0.05, 0.1) is 17.8 Å². The molecule has 3 aromatic heterocycles. The molecule has 0 bridgehead atoms. The molecule has 12 heteroatoms. The van der Waals surface area contributed by atoms with Crippen molar-refractivity contribution in [2.45, 2.75) is 90.5 Å². The first kappa shape index (κ1) is 29.1. The number of carbonyl (C=O) groups is 2. The summed E-state index contributed by atoms with van der Waals surface area (Å²) in [7, 11) is 1.53. The van der Waals surface area contributed by atoms with E-state index in [9.17, 15) is 19.5 Å². The molecule has 40 heavy (non-hydrogen) atoms. The van der Waals surface area contributed by atoms with Crippen LogP contribution in [0.4, 0.5) is 22.1 Å². The third-order valence-corrected chi connectivity index (χ3v) is 6.98. The molecule has 1 aliphatic carbocycles. The smallest absolute Gasteiger partial charge is 0.415 e. The van der Waals surface area contributed by atoms with Gasteiger partial charge >= 0.3 is 6.09 Å². The lowest BCUT2D eigenvalue weighted by Gasteiger charge is -2.37. The molecule has 3 N–H and O–H groups in total. The van der Waals surface area contributed by atoms with Crippen LogP contribution in [0.2, 0.25) is 0 Å². The molecule has 0 spiro atoms. The van der Waals surface area contributed by atoms with Crippen molar-refractivity contribution >= 4 is 35.0 Å². The van der Waals surface area contributed by atoms with Gasteiger partial charge in [0.2, 0.25) is 0 Å². The fourth-order valence-electron chi connectivity index (χ4n) is 4.76. The van der Waals surface area contributed by atoms with E-state index >= 15 is 0 Å². The van der Waals surface area contributed by atoms with Gasteiger partial charge in [0.25, 0.3) is 11.5 Å². The number of anilines is 3. The van der Waals surface area contributed by atoms with Crippen molar-refractivity contribution < 1.29 is 19.4 Å². The fraction of sp³-hybridized carbons (Fsp3) is 0.536. The molecule has 216 valence electrons. The predicted octanol–water partition coefficient (Wildman–Crippen LogP) is 4.01. The molecule has 0 radical (unpaired) electrons. The number of nitrogens with zero attached hydrogens (tertiary/aromatic N) is 5. The monoisotopic (exact) mass is 553 g/mol. The summed E-state index contributed by atoms with van der Waals surface area (Å²) in [5.74, 6) is 0.0564. The Labute approximate surface area is 233 Å². The van der Waals surface area contributed by atoms with Crippen LogP contribution in [-0.4, -0.2) is 60.6 Å². The van der Waals surface area contributed by atoms with Crippen LogP contribution in [0.25, 0.3) is 5.65 Å². The Morgan fingerprint density at radius 1 is 1.27 bits per heavy atom. The maximum atomic E-state index is 13.4. The summed E-state index contributed by atoms with van der Waals surface area (Å²) < 4.78 is 8.51. The van der Waals surface area contributed by atoms with Gasteiger partial charge in [0.1, 0.15) is 28.5 Å². The Balaban J connectivity index is 1.78. The number of hydrogen-bond donors (Lipinski definition) is 3. The summed E-state index contributed by atoms with van der Waals surface area (Å²) in [5, 5.41) is 21.2. The first-order valence-electron chi connectivity index (χ1n) is 13.5. The number of fused-ring (bicyclic) bond motifs is 1. The van der Waals surface area contributed by atoms with Crippen molar-refractivity contribution in [2.75, 3.05) is 17.3 Å². The van der Waals surface area contributed by atoms with Gasteiger partial charge < -0.3 is 25.0 Å². The lowest BCUT2D eigenvalue weighted by atomic mass is 9.81. The van der Waals surface area contributed by atoms with E-state index in [1.54, 1.807) is 56.7 Å². The Morgan fingerprint density at radius 2 is 2.00 bits per heavy atom. The van der Waals surface area contributed by atoms with Crippen LogP contribution < -0.4 is 21.1 Å². The zero-order chi connectivity index (χ0) is 29.4. The van der Waals surface area contributed by atoms with Crippen molar-refractivity contribution in [1.29, 1.82) is 0 Å². The van der Waals surface area contributed by atoms with Crippen LogP contribution in [-0.2, 0) is 4.74 Å². The van der Waals surface area contributed by atoms with E-state index in [2.05, 4.69) is 20.7 Å². The normalized spacial score (nSPS) is 19.5. The van der Waals surface area contributed by atoms with Crippen LogP contribution in [0.1, 0.15) is 83.6 Å².